The summed E-state index contributed by atoms with van der Waals surface area (Å²) >= 11 is 3.39. The molecule has 4 nitrogen and oxygen atoms in total. The smallest absolute Gasteiger partial charge is 0.244 e. The summed E-state index contributed by atoms with van der Waals surface area (Å²) in [7, 11) is 0. The molecule has 1 atom stereocenters. The summed E-state index contributed by atoms with van der Waals surface area (Å²) in [5.74, 6) is 1.34. The van der Waals surface area contributed by atoms with Gasteiger partial charge in [0.2, 0.25) is 5.91 Å². The SMILES string of the molecule is CC(NC(=O)C=Cc1ccc(Br)cc1)c1ccc2c(c1)OCCO2. The summed E-state index contributed by atoms with van der Waals surface area (Å²) in [5.41, 5.74) is 1.95. The molecule has 0 saturated carbocycles. The maximum Gasteiger partial charge on any atom is 0.244 e. The monoisotopic (exact) mass is 387 g/mol. The molecule has 2 aromatic rings. The minimum Gasteiger partial charge on any atom is -0.486 e. The molecule has 0 aromatic heterocycles. The second kappa shape index (κ2) is 7.53. The minimum atomic E-state index is -0.139. The number of carbonyl (C=O) groups excluding carboxylic acids is 1. The van der Waals surface area contributed by atoms with Gasteiger partial charge in [0.15, 0.2) is 11.5 Å². The first-order valence-corrected chi connectivity index (χ1v) is 8.55. The molecule has 1 aliphatic heterocycles. The second-order valence-corrected chi connectivity index (χ2v) is 6.43. The highest BCUT2D eigenvalue weighted by Gasteiger charge is 2.15. The average molecular weight is 388 g/mol. The molecule has 1 aliphatic rings. The van der Waals surface area contributed by atoms with Gasteiger partial charge in [0.05, 0.1) is 6.04 Å². The third kappa shape index (κ3) is 4.17. The van der Waals surface area contributed by atoms with Crippen molar-refractivity contribution in [3.63, 3.8) is 0 Å². The Balaban J connectivity index is 1.62. The molecule has 0 radical (unpaired) electrons. The number of halogens is 1. The molecule has 0 aliphatic carbocycles. The Bertz CT molecular complexity index is 756. The third-order valence-electron chi connectivity index (χ3n) is 3.72. The predicted octanol–water partition coefficient (Wildman–Crippen LogP) is 4.11. The van der Waals surface area contributed by atoms with Crippen LogP contribution in [0.5, 0.6) is 11.5 Å². The molecule has 1 amide bonds. The van der Waals surface area contributed by atoms with Crippen molar-refractivity contribution in [2.75, 3.05) is 13.2 Å². The fourth-order valence-corrected chi connectivity index (χ4v) is 2.68. The van der Waals surface area contributed by atoms with E-state index in [1.54, 1.807) is 6.08 Å². The molecule has 124 valence electrons. The number of benzene rings is 2. The van der Waals surface area contributed by atoms with Crippen molar-refractivity contribution in [1.29, 1.82) is 0 Å². The van der Waals surface area contributed by atoms with Gasteiger partial charge in [-0.3, -0.25) is 4.79 Å². The Morgan fingerprint density at radius 3 is 2.58 bits per heavy atom. The molecular weight excluding hydrogens is 370 g/mol. The number of carbonyl (C=O) groups is 1. The lowest BCUT2D eigenvalue weighted by atomic mass is 10.1. The van der Waals surface area contributed by atoms with Crippen LogP contribution < -0.4 is 14.8 Å². The quantitative estimate of drug-likeness (QED) is 0.802. The number of fused-ring (bicyclic) bond motifs is 1. The van der Waals surface area contributed by atoms with Crippen LogP contribution in [-0.4, -0.2) is 19.1 Å². The van der Waals surface area contributed by atoms with Crippen molar-refractivity contribution in [1.82, 2.24) is 5.32 Å². The first kappa shape index (κ1) is 16.6. The van der Waals surface area contributed by atoms with E-state index >= 15 is 0 Å². The largest absolute Gasteiger partial charge is 0.486 e. The van der Waals surface area contributed by atoms with Gasteiger partial charge in [0, 0.05) is 10.5 Å². The molecule has 5 heteroatoms. The summed E-state index contributed by atoms with van der Waals surface area (Å²) in [6.45, 7) is 3.06. The van der Waals surface area contributed by atoms with Crippen molar-refractivity contribution >= 4 is 27.9 Å². The van der Waals surface area contributed by atoms with Gasteiger partial charge in [0.25, 0.3) is 0 Å². The van der Waals surface area contributed by atoms with Crippen LogP contribution >= 0.6 is 15.9 Å². The lowest BCUT2D eigenvalue weighted by Crippen LogP contribution is -2.25. The van der Waals surface area contributed by atoms with E-state index in [-0.39, 0.29) is 11.9 Å². The van der Waals surface area contributed by atoms with Crippen molar-refractivity contribution in [2.45, 2.75) is 13.0 Å². The Labute approximate surface area is 149 Å². The number of hydrogen-bond donors (Lipinski definition) is 1. The molecular formula is C19H18BrNO3. The Kier molecular flexibility index (Phi) is 5.20. The standard InChI is InChI=1S/C19H18BrNO3/c1-13(15-5-8-17-18(12-15)24-11-10-23-17)21-19(22)9-4-14-2-6-16(20)7-3-14/h2-9,12-13H,10-11H2,1H3,(H,21,22). The van der Waals surface area contributed by atoms with E-state index in [1.165, 1.54) is 6.08 Å². The second-order valence-electron chi connectivity index (χ2n) is 5.52. The van der Waals surface area contributed by atoms with Crippen LogP contribution in [0.3, 0.4) is 0 Å². The van der Waals surface area contributed by atoms with E-state index in [1.807, 2.05) is 49.4 Å². The average Bonchev–Trinajstić information content (AvgIpc) is 2.61. The van der Waals surface area contributed by atoms with Gasteiger partial charge in [0.1, 0.15) is 13.2 Å². The number of amides is 1. The molecule has 3 rings (SSSR count). The fourth-order valence-electron chi connectivity index (χ4n) is 2.42. The highest BCUT2D eigenvalue weighted by molar-refractivity contribution is 9.10. The van der Waals surface area contributed by atoms with Crippen molar-refractivity contribution in [3.05, 3.63) is 64.1 Å². The van der Waals surface area contributed by atoms with Gasteiger partial charge in [-0.15, -0.1) is 0 Å². The van der Waals surface area contributed by atoms with E-state index < -0.39 is 0 Å². The molecule has 1 N–H and O–H groups in total. The van der Waals surface area contributed by atoms with E-state index in [2.05, 4.69) is 21.2 Å². The molecule has 24 heavy (non-hydrogen) atoms. The Hall–Kier alpha value is -2.27. The molecule has 1 heterocycles. The zero-order valence-electron chi connectivity index (χ0n) is 13.3. The Morgan fingerprint density at radius 2 is 1.83 bits per heavy atom. The lowest BCUT2D eigenvalue weighted by Gasteiger charge is -2.20. The van der Waals surface area contributed by atoms with Gasteiger partial charge < -0.3 is 14.8 Å². The van der Waals surface area contributed by atoms with Crippen LogP contribution in [0, 0.1) is 0 Å². The minimum absolute atomic E-state index is 0.122. The topological polar surface area (TPSA) is 47.6 Å². The highest BCUT2D eigenvalue weighted by Crippen LogP contribution is 2.32. The van der Waals surface area contributed by atoms with Crippen LogP contribution in [0.2, 0.25) is 0 Å². The summed E-state index contributed by atoms with van der Waals surface area (Å²) in [4.78, 5) is 12.1. The van der Waals surface area contributed by atoms with Crippen LogP contribution in [0.4, 0.5) is 0 Å². The number of nitrogens with one attached hydrogen (secondary N) is 1. The van der Waals surface area contributed by atoms with Gasteiger partial charge in [-0.25, -0.2) is 0 Å². The lowest BCUT2D eigenvalue weighted by molar-refractivity contribution is -0.117. The molecule has 0 saturated heterocycles. The van der Waals surface area contributed by atoms with Crippen LogP contribution in [0.1, 0.15) is 24.1 Å². The van der Waals surface area contributed by atoms with E-state index in [4.69, 9.17) is 9.47 Å². The van der Waals surface area contributed by atoms with Gasteiger partial charge >= 0.3 is 0 Å². The fraction of sp³-hybridized carbons (Fsp3) is 0.211. The first-order valence-electron chi connectivity index (χ1n) is 7.75. The van der Waals surface area contributed by atoms with Crippen molar-refractivity contribution in [2.24, 2.45) is 0 Å². The van der Waals surface area contributed by atoms with Gasteiger partial charge in [-0.05, 0) is 48.4 Å². The molecule has 1 unspecified atom stereocenters. The third-order valence-corrected chi connectivity index (χ3v) is 4.25. The molecule has 2 aromatic carbocycles. The molecule has 0 spiro atoms. The summed E-state index contributed by atoms with van der Waals surface area (Å²) < 4.78 is 12.1. The van der Waals surface area contributed by atoms with Gasteiger partial charge in [-0.1, -0.05) is 34.1 Å². The number of rotatable bonds is 4. The summed E-state index contributed by atoms with van der Waals surface area (Å²) in [5, 5.41) is 2.95. The van der Waals surface area contributed by atoms with Crippen LogP contribution in [-0.2, 0) is 4.79 Å². The zero-order valence-corrected chi connectivity index (χ0v) is 14.9. The van der Waals surface area contributed by atoms with Gasteiger partial charge in [-0.2, -0.15) is 0 Å². The maximum atomic E-state index is 12.1. The van der Waals surface area contributed by atoms with Crippen LogP contribution in [0.25, 0.3) is 6.08 Å². The normalized spacial score (nSPS) is 14.4. The van der Waals surface area contributed by atoms with E-state index in [0.717, 1.165) is 27.1 Å². The van der Waals surface area contributed by atoms with Crippen molar-refractivity contribution in [3.8, 4) is 11.5 Å². The maximum absolute atomic E-state index is 12.1. The number of ether oxygens (including phenoxy) is 2. The molecule has 0 bridgehead atoms. The summed E-state index contributed by atoms with van der Waals surface area (Å²) in [6.07, 6.45) is 3.33. The first-order chi connectivity index (χ1) is 11.6. The Morgan fingerprint density at radius 1 is 1.12 bits per heavy atom. The summed E-state index contributed by atoms with van der Waals surface area (Å²) in [6, 6.07) is 13.4. The number of hydrogen-bond acceptors (Lipinski definition) is 3. The van der Waals surface area contributed by atoms with E-state index in [0.29, 0.717) is 13.2 Å². The molecule has 0 fully saturated rings. The van der Waals surface area contributed by atoms with E-state index in [9.17, 15) is 4.79 Å². The zero-order chi connectivity index (χ0) is 16.9. The highest BCUT2D eigenvalue weighted by atomic mass is 79.9. The van der Waals surface area contributed by atoms with Crippen molar-refractivity contribution < 1.29 is 14.3 Å². The predicted molar refractivity (Wildman–Crippen MR) is 97.2 cm³/mol. The van der Waals surface area contributed by atoms with Crippen LogP contribution in [0.15, 0.2) is 53.0 Å².